The number of amides is 3. The second-order valence-corrected chi connectivity index (χ2v) is 12.5. The van der Waals surface area contributed by atoms with E-state index in [0.29, 0.717) is 38.2 Å². The van der Waals surface area contributed by atoms with E-state index >= 15 is 0 Å². The van der Waals surface area contributed by atoms with Crippen molar-refractivity contribution >= 4 is 58.2 Å². The van der Waals surface area contributed by atoms with Crippen LogP contribution in [0.3, 0.4) is 0 Å². The summed E-state index contributed by atoms with van der Waals surface area (Å²) in [6.45, 7) is 3.66. The molecule has 2 N–H and O–H groups in total. The second-order valence-electron chi connectivity index (χ2n) is 10.3. The van der Waals surface area contributed by atoms with Crippen LogP contribution in [-0.4, -0.2) is 47.1 Å². The molecule has 1 aromatic heterocycles. The van der Waals surface area contributed by atoms with Gasteiger partial charge >= 0.3 is 10.8 Å². The number of aromatic nitrogens is 1. The SMILES string of the molecule is CCOC(=O)c1ccc(N2C(=O)C3Sc4[nH]c(=O)sc4[C@H](c4cccc(OCC(=O)Nc5ccc(C)cc5)c4)C3C2=O)cc1. The zero-order valence-corrected chi connectivity index (χ0v) is 25.3. The molecular weight excluding hydrogens is 603 g/mol. The number of hydrogen-bond donors (Lipinski definition) is 2. The summed E-state index contributed by atoms with van der Waals surface area (Å²) in [5.74, 6) is -2.63. The maximum absolute atomic E-state index is 14.0. The molecule has 0 spiro atoms. The molecule has 2 unspecified atom stereocenters. The van der Waals surface area contributed by atoms with Crippen molar-refractivity contribution in [1.29, 1.82) is 0 Å². The van der Waals surface area contributed by atoms with Crippen molar-refractivity contribution in [3.63, 3.8) is 0 Å². The molecule has 1 fully saturated rings. The molecule has 6 rings (SSSR count). The summed E-state index contributed by atoms with van der Waals surface area (Å²) >= 11 is 2.18. The van der Waals surface area contributed by atoms with E-state index < -0.39 is 34.9 Å². The van der Waals surface area contributed by atoms with Crippen LogP contribution in [0.15, 0.2) is 82.6 Å². The third-order valence-electron chi connectivity index (χ3n) is 7.38. The fourth-order valence-corrected chi connectivity index (χ4v) is 7.89. The van der Waals surface area contributed by atoms with E-state index in [1.54, 1.807) is 37.3 Å². The number of hydrogen-bond acceptors (Lipinski definition) is 9. The van der Waals surface area contributed by atoms with E-state index in [-0.39, 0.29) is 24.0 Å². The van der Waals surface area contributed by atoms with Gasteiger partial charge in [-0.3, -0.25) is 19.2 Å². The Hall–Kier alpha value is -4.68. The van der Waals surface area contributed by atoms with Crippen molar-refractivity contribution in [2.45, 2.75) is 30.0 Å². The lowest BCUT2D eigenvalue weighted by Gasteiger charge is -2.30. The predicted molar refractivity (Wildman–Crippen MR) is 167 cm³/mol. The molecule has 224 valence electrons. The minimum absolute atomic E-state index is 0.227. The Morgan fingerprint density at radius 3 is 2.45 bits per heavy atom. The van der Waals surface area contributed by atoms with Crippen LogP contribution in [0.1, 0.15) is 39.2 Å². The molecule has 1 saturated heterocycles. The van der Waals surface area contributed by atoms with Crippen molar-refractivity contribution in [3.05, 3.63) is 104 Å². The number of benzene rings is 3. The van der Waals surface area contributed by atoms with Crippen LogP contribution in [-0.2, 0) is 19.1 Å². The van der Waals surface area contributed by atoms with Gasteiger partial charge in [-0.2, -0.15) is 0 Å². The number of anilines is 2. The number of nitrogens with one attached hydrogen (secondary N) is 2. The molecule has 0 radical (unpaired) electrons. The number of esters is 1. The molecule has 12 heteroatoms. The molecule has 3 heterocycles. The van der Waals surface area contributed by atoms with E-state index in [4.69, 9.17) is 9.47 Å². The Morgan fingerprint density at radius 1 is 0.977 bits per heavy atom. The van der Waals surface area contributed by atoms with Crippen LogP contribution in [0, 0.1) is 12.8 Å². The van der Waals surface area contributed by atoms with Gasteiger partial charge in [0.05, 0.1) is 28.8 Å². The Balaban J connectivity index is 1.26. The van der Waals surface area contributed by atoms with Gasteiger partial charge in [0.1, 0.15) is 11.0 Å². The van der Waals surface area contributed by atoms with Gasteiger partial charge in [-0.25, -0.2) is 9.69 Å². The third kappa shape index (κ3) is 5.65. The van der Waals surface area contributed by atoms with E-state index in [1.165, 1.54) is 23.9 Å². The zero-order chi connectivity index (χ0) is 31.0. The smallest absolute Gasteiger partial charge is 0.338 e. The van der Waals surface area contributed by atoms with Crippen molar-refractivity contribution in [1.82, 2.24) is 4.98 Å². The number of aromatic amines is 1. The quantitative estimate of drug-likeness (QED) is 0.211. The van der Waals surface area contributed by atoms with E-state index in [0.717, 1.165) is 21.8 Å². The highest BCUT2D eigenvalue weighted by Crippen LogP contribution is 2.53. The molecule has 44 heavy (non-hydrogen) atoms. The number of thiazole rings is 1. The topological polar surface area (TPSA) is 135 Å². The number of fused-ring (bicyclic) bond motifs is 2. The summed E-state index contributed by atoms with van der Waals surface area (Å²) < 4.78 is 10.8. The van der Waals surface area contributed by atoms with E-state index in [9.17, 15) is 24.0 Å². The van der Waals surface area contributed by atoms with E-state index in [2.05, 4.69) is 10.3 Å². The summed E-state index contributed by atoms with van der Waals surface area (Å²) in [6.07, 6.45) is 0. The summed E-state index contributed by atoms with van der Waals surface area (Å²) in [4.78, 5) is 69.1. The van der Waals surface area contributed by atoms with Gasteiger partial charge in [-0.15, -0.1) is 0 Å². The first kappa shape index (κ1) is 29.4. The monoisotopic (exact) mass is 629 g/mol. The number of H-pyrrole nitrogens is 1. The Bertz CT molecular complexity index is 1810. The van der Waals surface area contributed by atoms with Gasteiger partial charge in [-0.05, 0) is 67.9 Å². The fourth-order valence-electron chi connectivity index (χ4n) is 5.37. The van der Waals surface area contributed by atoms with Gasteiger partial charge in [0.25, 0.3) is 5.91 Å². The number of rotatable bonds is 8. The lowest BCUT2D eigenvalue weighted by atomic mass is 9.83. The summed E-state index contributed by atoms with van der Waals surface area (Å²) in [6, 6.07) is 20.6. The third-order valence-corrected chi connectivity index (χ3v) is 9.78. The number of ether oxygens (including phenoxy) is 2. The first-order chi connectivity index (χ1) is 21.2. The number of carbonyl (C=O) groups excluding carboxylic acids is 4. The van der Waals surface area contributed by atoms with Gasteiger partial charge in [-0.1, -0.05) is 52.9 Å². The molecule has 3 amide bonds. The predicted octanol–water partition coefficient (Wildman–Crippen LogP) is 4.73. The highest BCUT2D eigenvalue weighted by molar-refractivity contribution is 8.00. The van der Waals surface area contributed by atoms with Crippen molar-refractivity contribution in [2.75, 3.05) is 23.4 Å². The Kier molecular flexibility index (Phi) is 8.11. The largest absolute Gasteiger partial charge is 0.484 e. The molecule has 0 aliphatic carbocycles. The highest BCUT2D eigenvalue weighted by Gasteiger charge is 2.56. The lowest BCUT2D eigenvalue weighted by molar-refractivity contribution is -0.122. The minimum atomic E-state index is -0.795. The average molecular weight is 630 g/mol. The first-order valence-electron chi connectivity index (χ1n) is 13.9. The Morgan fingerprint density at radius 2 is 1.73 bits per heavy atom. The molecular formula is C32H27N3O7S2. The maximum atomic E-state index is 14.0. The number of aryl methyl sites for hydroxylation is 1. The molecule has 10 nitrogen and oxygen atoms in total. The molecule has 3 aromatic carbocycles. The van der Waals surface area contributed by atoms with Gasteiger partial charge in [0, 0.05) is 16.5 Å². The number of nitrogens with zero attached hydrogens (tertiary/aromatic N) is 1. The summed E-state index contributed by atoms with van der Waals surface area (Å²) in [5, 5.41) is 2.57. The van der Waals surface area contributed by atoms with Crippen molar-refractivity contribution in [2.24, 2.45) is 5.92 Å². The van der Waals surface area contributed by atoms with E-state index in [1.807, 2.05) is 37.3 Å². The lowest BCUT2D eigenvalue weighted by Crippen LogP contribution is -2.32. The number of carbonyl (C=O) groups is 4. The summed E-state index contributed by atoms with van der Waals surface area (Å²) in [5.41, 5.74) is 3.06. The minimum Gasteiger partial charge on any atom is -0.484 e. The highest BCUT2D eigenvalue weighted by atomic mass is 32.2. The van der Waals surface area contributed by atoms with Gasteiger partial charge in [0.2, 0.25) is 11.8 Å². The van der Waals surface area contributed by atoms with Crippen molar-refractivity contribution < 1.29 is 28.7 Å². The summed E-state index contributed by atoms with van der Waals surface area (Å²) in [7, 11) is 0. The number of thioether (sulfide) groups is 1. The molecule has 0 saturated carbocycles. The second kappa shape index (κ2) is 12.1. The first-order valence-corrected chi connectivity index (χ1v) is 15.6. The fraction of sp³-hybridized carbons (Fsp3) is 0.219. The molecule has 3 atom stereocenters. The van der Waals surface area contributed by atoms with Crippen LogP contribution in [0.25, 0.3) is 0 Å². The normalized spacial score (nSPS) is 18.9. The molecule has 2 aliphatic rings. The molecule has 2 aliphatic heterocycles. The van der Waals surface area contributed by atoms with Crippen LogP contribution < -0.4 is 19.8 Å². The standard InChI is InChI=1S/C32H27N3O7S2/c1-3-41-31(39)18-9-13-21(14-10-18)35-29(37)25-24(26-28(34-32(40)44-26)43-27(25)30(35)38)19-5-4-6-22(15-19)42-16-23(36)33-20-11-7-17(2)8-12-20/h4-15,24-25,27H,3,16H2,1-2H3,(H,33,36)(H,34,40)/t24-,25?,27?/m1/s1. The van der Waals surface area contributed by atoms with Crippen LogP contribution >= 0.6 is 23.1 Å². The van der Waals surface area contributed by atoms with Crippen LogP contribution in [0.2, 0.25) is 0 Å². The molecule has 4 aromatic rings. The zero-order valence-electron chi connectivity index (χ0n) is 23.7. The molecule has 0 bridgehead atoms. The maximum Gasteiger partial charge on any atom is 0.338 e. The van der Waals surface area contributed by atoms with Crippen molar-refractivity contribution in [3.8, 4) is 5.75 Å². The Labute approximate surface area is 260 Å². The average Bonchev–Trinajstić information content (AvgIpc) is 3.51. The van der Waals surface area contributed by atoms with Crippen LogP contribution in [0.5, 0.6) is 5.75 Å². The van der Waals surface area contributed by atoms with Gasteiger partial charge in [0.15, 0.2) is 6.61 Å². The van der Waals surface area contributed by atoms with Gasteiger partial charge < -0.3 is 19.8 Å². The van der Waals surface area contributed by atoms with Crippen LogP contribution in [0.4, 0.5) is 11.4 Å². The number of imide groups is 1.